The van der Waals surface area contributed by atoms with Crippen LogP contribution < -0.4 is 0 Å². The van der Waals surface area contributed by atoms with E-state index >= 15 is 0 Å². The largest absolute Gasteiger partial charge is 0.744 e. The maximum Gasteiger partial charge on any atom is 0.141 e. The highest BCUT2D eigenvalue weighted by Gasteiger charge is 2.28. The lowest BCUT2D eigenvalue weighted by Gasteiger charge is -2.40. The standard InChI is InChI=1S/C19H35INO.C7H8O3S/c20-14-13-18-21(16-10-8-11-17-21)15-9-6-4-2-1-3-5-7-12-19-22;1-6-2-4-7(5-3-6)11(8,9)10/h22H,1-12,15-19H2;2-5H,1H3,(H,8,9,10)/q+1;/p-1. The summed E-state index contributed by atoms with van der Waals surface area (Å²) in [6.45, 7) is 7.32. The molecule has 0 bridgehead atoms. The summed E-state index contributed by atoms with van der Waals surface area (Å²) in [5, 5.41) is 8.74. The molecule has 33 heavy (non-hydrogen) atoms. The predicted molar refractivity (Wildman–Crippen MR) is 143 cm³/mol. The number of rotatable bonds is 13. The number of benzene rings is 1. The molecule has 0 aromatic heterocycles. The van der Waals surface area contributed by atoms with Gasteiger partial charge >= 0.3 is 0 Å². The van der Waals surface area contributed by atoms with Crippen molar-refractivity contribution in [3.8, 4) is 9.85 Å². The van der Waals surface area contributed by atoms with Crippen molar-refractivity contribution in [2.24, 2.45) is 0 Å². The van der Waals surface area contributed by atoms with Gasteiger partial charge in [0.1, 0.15) is 16.7 Å². The van der Waals surface area contributed by atoms with E-state index in [1.807, 2.05) is 6.92 Å². The van der Waals surface area contributed by atoms with Gasteiger partial charge in [-0.1, -0.05) is 56.2 Å². The number of halogens is 1. The van der Waals surface area contributed by atoms with Crippen molar-refractivity contribution in [3.05, 3.63) is 29.8 Å². The number of quaternary nitrogens is 1. The van der Waals surface area contributed by atoms with Crippen LogP contribution in [0.3, 0.4) is 0 Å². The van der Waals surface area contributed by atoms with Crippen LogP contribution in [0.2, 0.25) is 0 Å². The van der Waals surface area contributed by atoms with Crippen LogP contribution in [0.15, 0.2) is 29.2 Å². The van der Waals surface area contributed by atoms with E-state index in [-0.39, 0.29) is 4.90 Å². The molecule has 1 N–H and O–H groups in total. The van der Waals surface area contributed by atoms with Gasteiger partial charge in [0, 0.05) is 29.2 Å². The van der Waals surface area contributed by atoms with Gasteiger partial charge < -0.3 is 14.1 Å². The summed E-state index contributed by atoms with van der Waals surface area (Å²) in [7, 11) is -4.27. The summed E-state index contributed by atoms with van der Waals surface area (Å²) in [5.74, 6) is 3.34. The van der Waals surface area contributed by atoms with Crippen molar-refractivity contribution in [3.63, 3.8) is 0 Å². The van der Waals surface area contributed by atoms with Crippen molar-refractivity contribution in [1.82, 2.24) is 0 Å². The molecule has 1 aromatic carbocycles. The van der Waals surface area contributed by atoms with E-state index in [9.17, 15) is 13.0 Å². The van der Waals surface area contributed by atoms with E-state index in [1.165, 1.54) is 107 Å². The second-order valence-corrected chi connectivity index (χ2v) is 11.1. The molecule has 0 aliphatic carbocycles. The summed E-state index contributed by atoms with van der Waals surface area (Å²) < 4.78 is 35.5. The summed E-state index contributed by atoms with van der Waals surface area (Å²) in [4.78, 5) is -0.178. The van der Waals surface area contributed by atoms with Crippen molar-refractivity contribution in [2.45, 2.75) is 88.9 Å². The molecule has 188 valence electrons. The zero-order valence-corrected chi connectivity index (χ0v) is 23.2. The lowest BCUT2D eigenvalue weighted by molar-refractivity contribution is -0.926. The molecule has 5 nitrogen and oxygen atoms in total. The molecule has 0 atom stereocenters. The van der Waals surface area contributed by atoms with Gasteiger partial charge in [-0.3, -0.25) is 0 Å². The first-order chi connectivity index (χ1) is 15.8. The monoisotopic (exact) mass is 591 g/mol. The maximum absolute atomic E-state index is 10.4. The van der Waals surface area contributed by atoms with Crippen LogP contribution in [0.1, 0.15) is 82.6 Å². The van der Waals surface area contributed by atoms with Crippen LogP contribution in [0.4, 0.5) is 0 Å². The van der Waals surface area contributed by atoms with Gasteiger partial charge in [-0.15, -0.1) is 0 Å². The Morgan fingerprint density at radius 3 is 1.91 bits per heavy atom. The average molecular weight is 592 g/mol. The van der Waals surface area contributed by atoms with Crippen LogP contribution in [0.5, 0.6) is 0 Å². The van der Waals surface area contributed by atoms with E-state index in [0.29, 0.717) is 6.61 Å². The number of piperidine rings is 1. The summed E-state index contributed by atoms with van der Waals surface area (Å²) >= 11 is 2.18. The van der Waals surface area contributed by atoms with Gasteiger partial charge in [-0.05, 0) is 67.4 Å². The minimum atomic E-state index is -4.27. The van der Waals surface area contributed by atoms with Crippen molar-refractivity contribution in [1.29, 1.82) is 0 Å². The van der Waals surface area contributed by atoms with Crippen molar-refractivity contribution < 1.29 is 22.6 Å². The Hall–Kier alpha value is -0.660. The number of aryl methyl sites for hydroxylation is 1. The van der Waals surface area contributed by atoms with Crippen LogP contribution in [0.25, 0.3) is 0 Å². The zero-order valence-electron chi connectivity index (χ0n) is 20.2. The molecule has 0 unspecified atom stereocenters. The second-order valence-electron chi connectivity index (χ2n) is 9.18. The molecule has 1 aromatic rings. The number of unbranched alkanes of at least 4 members (excludes halogenated alkanes) is 8. The first kappa shape index (κ1) is 30.4. The summed E-state index contributed by atoms with van der Waals surface area (Å²) in [6.07, 6.45) is 16.0. The molecule has 1 heterocycles. The van der Waals surface area contributed by atoms with Gasteiger partial charge in [0.2, 0.25) is 0 Å². The molecule has 0 spiro atoms. The van der Waals surface area contributed by atoms with E-state index in [4.69, 9.17) is 5.11 Å². The minimum Gasteiger partial charge on any atom is -0.744 e. The molecule has 0 saturated carbocycles. The molecule has 1 saturated heterocycles. The predicted octanol–water partition coefficient (Wildman–Crippen LogP) is 5.79. The van der Waals surface area contributed by atoms with Gasteiger partial charge in [0.15, 0.2) is 0 Å². The quantitative estimate of drug-likeness (QED) is 0.104. The fraction of sp³-hybridized carbons (Fsp3) is 0.692. The number of hydrogen-bond acceptors (Lipinski definition) is 4. The Labute approximate surface area is 215 Å². The molecule has 0 amide bonds. The Kier molecular flexibility index (Phi) is 16.3. The van der Waals surface area contributed by atoms with Crippen molar-refractivity contribution in [2.75, 3.05) is 32.8 Å². The molecular formula is C26H42INO4S. The summed E-state index contributed by atoms with van der Waals surface area (Å²) in [5.41, 5.74) is 0.928. The third-order valence-corrected chi connectivity index (χ3v) is 7.58. The number of hydrogen-bond donors (Lipinski definition) is 1. The number of likely N-dealkylation sites (tertiary alicyclic amines) is 1. The first-order valence-corrected chi connectivity index (χ1v) is 14.9. The molecule has 1 aliphatic heterocycles. The Bertz CT molecular complexity index is 794. The fourth-order valence-corrected chi connectivity index (χ4v) is 4.98. The smallest absolute Gasteiger partial charge is 0.141 e. The van der Waals surface area contributed by atoms with Crippen LogP contribution in [0, 0.1) is 16.8 Å². The molecule has 1 fully saturated rings. The maximum atomic E-state index is 10.4. The van der Waals surface area contributed by atoms with Crippen LogP contribution >= 0.6 is 22.6 Å². The third kappa shape index (κ3) is 14.4. The van der Waals surface area contributed by atoms with E-state index in [2.05, 4.69) is 32.4 Å². The first-order valence-electron chi connectivity index (χ1n) is 12.4. The van der Waals surface area contributed by atoms with Gasteiger partial charge in [0.25, 0.3) is 0 Å². The summed E-state index contributed by atoms with van der Waals surface area (Å²) in [6, 6.07) is 5.78. The zero-order chi connectivity index (χ0) is 24.4. The molecule has 1 aliphatic rings. The normalized spacial score (nSPS) is 15.2. The molecular weight excluding hydrogens is 549 g/mol. The fourth-order valence-electron chi connectivity index (χ4n) is 4.34. The SMILES string of the molecule is Cc1ccc(S(=O)(=O)[O-])cc1.OCCCCCCCCCCC[N+]1(CC#CI)CCCCC1. The van der Waals surface area contributed by atoms with E-state index in [1.54, 1.807) is 12.1 Å². The van der Waals surface area contributed by atoms with Crippen LogP contribution in [-0.4, -0.2) is 55.3 Å². The van der Waals surface area contributed by atoms with E-state index < -0.39 is 10.1 Å². The number of aliphatic hydroxyl groups excluding tert-OH is 1. The van der Waals surface area contributed by atoms with Gasteiger partial charge in [-0.25, -0.2) is 8.42 Å². The number of nitrogens with zero attached hydrogens (tertiary/aromatic N) is 1. The topological polar surface area (TPSA) is 77.4 Å². The lowest BCUT2D eigenvalue weighted by atomic mass is 10.0. The second kappa shape index (κ2) is 17.7. The highest BCUT2D eigenvalue weighted by atomic mass is 127. The highest BCUT2D eigenvalue weighted by Crippen LogP contribution is 2.20. The van der Waals surface area contributed by atoms with Crippen LogP contribution in [-0.2, 0) is 10.1 Å². The lowest BCUT2D eigenvalue weighted by Crippen LogP contribution is -2.52. The Balaban J connectivity index is 0.000000412. The molecule has 2 rings (SSSR count). The molecule has 7 heteroatoms. The molecule has 0 radical (unpaired) electrons. The number of aliphatic hydroxyl groups is 1. The Morgan fingerprint density at radius 2 is 1.42 bits per heavy atom. The van der Waals surface area contributed by atoms with E-state index in [0.717, 1.165) is 18.5 Å². The van der Waals surface area contributed by atoms with Gasteiger partial charge in [-0.2, -0.15) is 0 Å². The average Bonchev–Trinajstić information content (AvgIpc) is 2.80. The minimum absolute atomic E-state index is 0.178. The van der Waals surface area contributed by atoms with Crippen molar-refractivity contribution >= 4 is 32.7 Å². The highest BCUT2D eigenvalue weighted by molar-refractivity contribution is 14.1. The Morgan fingerprint density at radius 1 is 0.909 bits per heavy atom. The third-order valence-electron chi connectivity index (χ3n) is 6.35. The van der Waals surface area contributed by atoms with Gasteiger partial charge in [0.05, 0.1) is 24.5 Å².